The van der Waals surface area contributed by atoms with E-state index in [0.717, 1.165) is 11.1 Å². The molecular formula is C10H14N4. The third kappa shape index (κ3) is 2.26. The number of aliphatic imine (C=N–C) groups is 1. The summed E-state index contributed by atoms with van der Waals surface area (Å²) in [5.74, 6) is 0.413. The molecule has 0 aliphatic heterocycles. The first-order valence-electron chi connectivity index (χ1n) is 4.21. The number of aryl methyl sites for hydroxylation is 1. The molecule has 4 heteroatoms. The molecule has 0 amide bonds. The number of benzene rings is 1. The van der Waals surface area contributed by atoms with Gasteiger partial charge in [-0.2, -0.15) is 0 Å². The second-order valence-corrected chi connectivity index (χ2v) is 2.93. The van der Waals surface area contributed by atoms with Crippen molar-refractivity contribution in [2.75, 3.05) is 5.73 Å². The summed E-state index contributed by atoms with van der Waals surface area (Å²) < 4.78 is 0. The summed E-state index contributed by atoms with van der Waals surface area (Å²) in [7, 11) is 0. The fraction of sp³-hybridized carbons (Fsp3) is 0.100. The predicted molar refractivity (Wildman–Crippen MR) is 59.6 cm³/mol. The first-order valence-corrected chi connectivity index (χ1v) is 4.21. The number of amidine groups is 1. The Bertz CT molecular complexity index is 380. The van der Waals surface area contributed by atoms with Gasteiger partial charge < -0.3 is 17.2 Å². The SMILES string of the molecule is Cc1ccc(N)cc1C(N)=N/C=C\N. The second-order valence-electron chi connectivity index (χ2n) is 2.93. The predicted octanol–water partition coefficient (Wildman–Crippen LogP) is 0.712. The van der Waals surface area contributed by atoms with Crippen LogP contribution in [0.3, 0.4) is 0 Å². The van der Waals surface area contributed by atoms with E-state index < -0.39 is 0 Å². The zero-order chi connectivity index (χ0) is 10.6. The van der Waals surface area contributed by atoms with Crippen LogP contribution in [0.4, 0.5) is 5.69 Å². The fourth-order valence-electron chi connectivity index (χ4n) is 1.11. The zero-order valence-corrected chi connectivity index (χ0v) is 8.07. The first-order chi connectivity index (χ1) is 6.65. The highest BCUT2D eigenvalue weighted by molar-refractivity contribution is 5.99. The largest absolute Gasteiger partial charge is 0.403 e. The lowest BCUT2D eigenvalue weighted by Gasteiger charge is -2.05. The number of rotatable bonds is 2. The van der Waals surface area contributed by atoms with E-state index in [9.17, 15) is 0 Å². The topological polar surface area (TPSA) is 90.4 Å². The number of hydrogen-bond donors (Lipinski definition) is 3. The van der Waals surface area contributed by atoms with Gasteiger partial charge in [-0.1, -0.05) is 6.07 Å². The monoisotopic (exact) mass is 190 g/mol. The minimum Gasteiger partial charge on any atom is -0.403 e. The van der Waals surface area contributed by atoms with E-state index in [0.29, 0.717) is 11.5 Å². The van der Waals surface area contributed by atoms with Crippen molar-refractivity contribution < 1.29 is 0 Å². The quantitative estimate of drug-likeness (QED) is 0.364. The van der Waals surface area contributed by atoms with Crippen LogP contribution in [0.5, 0.6) is 0 Å². The van der Waals surface area contributed by atoms with Crippen LogP contribution in [-0.2, 0) is 0 Å². The highest BCUT2D eigenvalue weighted by Crippen LogP contribution is 2.12. The molecule has 14 heavy (non-hydrogen) atoms. The smallest absolute Gasteiger partial charge is 0.131 e. The van der Waals surface area contributed by atoms with E-state index in [1.807, 2.05) is 19.1 Å². The molecule has 0 aromatic heterocycles. The summed E-state index contributed by atoms with van der Waals surface area (Å²) in [5.41, 5.74) is 19.1. The van der Waals surface area contributed by atoms with Gasteiger partial charge in [-0.3, -0.25) is 0 Å². The molecule has 0 saturated carbocycles. The molecule has 0 heterocycles. The maximum atomic E-state index is 5.74. The van der Waals surface area contributed by atoms with Crippen molar-refractivity contribution in [2.24, 2.45) is 16.5 Å². The van der Waals surface area contributed by atoms with Crippen molar-refractivity contribution in [1.82, 2.24) is 0 Å². The summed E-state index contributed by atoms with van der Waals surface area (Å²) in [6.45, 7) is 1.95. The van der Waals surface area contributed by atoms with E-state index in [-0.39, 0.29) is 0 Å². The van der Waals surface area contributed by atoms with Gasteiger partial charge in [0.05, 0.1) is 0 Å². The number of anilines is 1. The van der Waals surface area contributed by atoms with Crippen LogP contribution in [0.1, 0.15) is 11.1 Å². The van der Waals surface area contributed by atoms with Gasteiger partial charge in [-0.15, -0.1) is 0 Å². The molecule has 0 saturated heterocycles. The van der Waals surface area contributed by atoms with Crippen molar-refractivity contribution >= 4 is 11.5 Å². The number of nitrogen functional groups attached to an aromatic ring is 1. The highest BCUT2D eigenvalue weighted by atomic mass is 14.8. The summed E-state index contributed by atoms with van der Waals surface area (Å²) in [6, 6.07) is 5.52. The average molecular weight is 190 g/mol. The van der Waals surface area contributed by atoms with Gasteiger partial charge >= 0.3 is 0 Å². The molecule has 1 aromatic rings. The van der Waals surface area contributed by atoms with Crippen molar-refractivity contribution in [3.05, 3.63) is 41.7 Å². The molecule has 0 radical (unpaired) electrons. The Morgan fingerprint density at radius 2 is 2.14 bits per heavy atom. The molecule has 1 rings (SSSR count). The Balaban J connectivity index is 3.11. The molecular weight excluding hydrogens is 176 g/mol. The Kier molecular flexibility index (Phi) is 3.12. The van der Waals surface area contributed by atoms with Crippen LogP contribution < -0.4 is 17.2 Å². The minimum absolute atomic E-state index is 0.413. The van der Waals surface area contributed by atoms with Gasteiger partial charge in [-0.05, 0) is 24.6 Å². The highest BCUT2D eigenvalue weighted by Gasteiger charge is 2.02. The molecule has 74 valence electrons. The third-order valence-electron chi connectivity index (χ3n) is 1.84. The molecule has 0 atom stereocenters. The molecule has 6 N–H and O–H groups in total. The van der Waals surface area contributed by atoms with Gasteiger partial charge in [0.2, 0.25) is 0 Å². The molecule has 0 spiro atoms. The van der Waals surface area contributed by atoms with Crippen LogP contribution in [0.15, 0.2) is 35.6 Å². The van der Waals surface area contributed by atoms with E-state index in [4.69, 9.17) is 17.2 Å². The lowest BCUT2D eigenvalue weighted by molar-refractivity contribution is 1.38. The standard InChI is InChI=1S/C10H14N4/c1-7-2-3-8(12)6-9(7)10(13)14-5-4-11/h2-6H,11-12H2,1H3,(H2,13,14)/b5-4-. The van der Waals surface area contributed by atoms with Gasteiger partial charge in [0, 0.05) is 23.7 Å². The van der Waals surface area contributed by atoms with E-state index in [1.54, 1.807) is 6.07 Å². The Morgan fingerprint density at radius 1 is 1.43 bits per heavy atom. The van der Waals surface area contributed by atoms with Crippen molar-refractivity contribution in [2.45, 2.75) is 6.92 Å². The summed E-state index contributed by atoms with van der Waals surface area (Å²) >= 11 is 0. The number of nitrogens with two attached hydrogens (primary N) is 3. The van der Waals surface area contributed by atoms with Crippen molar-refractivity contribution in [3.8, 4) is 0 Å². The lowest BCUT2D eigenvalue weighted by atomic mass is 10.1. The Morgan fingerprint density at radius 3 is 2.79 bits per heavy atom. The van der Waals surface area contributed by atoms with Crippen LogP contribution in [0.25, 0.3) is 0 Å². The van der Waals surface area contributed by atoms with Crippen LogP contribution in [0.2, 0.25) is 0 Å². The van der Waals surface area contributed by atoms with Crippen molar-refractivity contribution in [3.63, 3.8) is 0 Å². The van der Waals surface area contributed by atoms with Crippen molar-refractivity contribution in [1.29, 1.82) is 0 Å². The maximum absolute atomic E-state index is 5.74. The Labute approximate surface area is 83.1 Å². The normalized spacial score (nSPS) is 12.2. The van der Waals surface area contributed by atoms with Crippen LogP contribution >= 0.6 is 0 Å². The minimum atomic E-state index is 0.413. The van der Waals surface area contributed by atoms with E-state index >= 15 is 0 Å². The fourth-order valence-corrected chi connectivity index (χ4v) is 1.11. The van der Waals surface area contributed by atoms with Gasteiger partial charge in [0.1, 0.15) is 5.84 Å². The molecule has 0 unspecified atom stereocenters. The van der Waals surface area contributed by atoms with Crippen LogP contribution in [0, 0.1) is 6.92 Å². The van der Waals surface area contributed by atoms with E-state index in [1.165, 1.54) is 12.4 Å². The van der Waals surface area contributed by atoms with Gasteiger partial charge in [-0.25, -0.2) is 4.99 Å². The summed E-state index contributed by atoms with van der Waals surface area (Å²) in [4.78, 5) is 3.95. The first kappa shape index (κ1) is 10.1. The molecule has 4 nitrogen and oxygen atoms in total. The Hall–Kier alpha value is -1.97. The second kappa shape index (κ2) is 4.32. The zero-order valence-electron chi connectivity index (χ0n) is 8.07. The lowest BCUT2D eigenvalue weighted by Crippen LogP contribution is -2.14. The summed E-state index contributed by atoms with van der Waals surface area (Å²) in [6.07, 6.45) is 2.77. The number of hydrogen-bond acceptors (Lipinski definition) is 3. The molecule has 0 aliphatic carbocycles. The average Bonchev–Trinajstić information content (AvgIpc) is 2.18. The molecule has 0 bridgehead atoms. The third-order valence-corrected chi connectivity index (χ3v) is 1.84. The van der Waals surface area contributed by atoms with Gasteiger partial charge in [0.25, 0.3) is 0 Å². The molecule has 0 aliphatic rings. The number of nitrogens with zero attached hydrogens (tertiary/aromatic N) is 1. The molecule has 1 aromatic carbocycles. The maximum Gasteiger partial charge on any atom is 0.131 e. The summed E-state index contributed by atoms with van der Waals surface area (Å²) in [5, 5.41) is 0. The molecule has 0 fully saturated rings. The van der Waals surface area contributed by atoms with Crippen LogP contribution in [-0.4, -0.2) is 5.84 Å². The van der Waals surface area contributed by atoms with Gasteiger partial charge in [0.15, 0.2) is 0 Å². The van der Waals surface area contributed by atoms with E-state index in [2.05, 4.69) is 4.99 Å².